The van der Waals surface area contributed by atoms with Crippen LogP contribution in [-0.2, 0) is 4.79 Å². The average molecular weight is 304 g/mol. The maximum Gasteiger partial charge on any atom is 0.223 e. The summed E-state index contributed by atoms with van der Waals surface area (Å²) in [5.41, 5.74) is 0. The van der Waals surface area contributed by atoms with Gasteiger partial charge in [-0.2, -0.15) is 0 Å². The van der Waals surface area contributed by atoms with Gasteiger partial charge >= 0.3 is 0 Å². The van der Waals surface area contributed by atoms with E-state index in [0.29, 0.717) is 11.8 Å². The van der Waals surface area contributed by atoms with Crippen LogP contribution >= 0.6 is 15.9 Å². The molecule has 0 aromatic rings. The third-order valence-corrected chi connectivity index (χ3v) is 4.50. The number of carbonyl (C=O) groups excluding carboxylic acids is 1. The second kappa shape index (κ2) is 8.12. The first-order chi connectivity index (χ1) is 8.17. The number of carbonyl (C=O) groups is 1. The lowest BCUT2D eigenvalue weighted by Crippen LogP contribution is -2.36. The number of rotatable bonds is 6. The highest BCUT2D eigenvalue weighted by Gasteiger charge is 2.24. The zero-order valence-electron chi connectivity index (χ0n) is 11.2. The summed E-state index contributed by atoms with van der Waals surface area (Å²) in [6.45, 7) is 5.34. The van der Waals surface area contributed by atoms with Crippen LogP contribution in [0.3, 0.4) is 0 Å². The lowest BCUT2D eigenvalue weighted by atomic mass is 9.82. The van der Waals surface area contributed by atoms with E-state index in [1.54, 1.807) is 0 Å². The molecule has 3 heteroatoms. The fourth-order valence-electron chi connectivity index (χ4n) is 2.52. The Morgan fingerprint density at radius 2 is 2.00 bits per heavy atom. The van der Waals surface area contributed by atoms with E-state index in [0.717, 1.165) is 43.5 Å². The van der Waals surface area contributed by atoms with E-state index < -0.39 is 0 Å². The smallest absolute Gasteiger partial charge is 0.223 e. The minimum atomic E-state index is 0.285. The number of hydrogen-bond acceptors (Lipinski definition) is 1. The van der Waals surface area contributed by atoms with E-state index in [1.807, 2.05) is 0 Å². The van der Waals surface area contributed by atoms with Gasteiger partial charge in [-0.05, 0) is 43.9 Å². The molecule has 0 bridgehead atoms. The van der Waals surface area contributed by atoms with Gasteiger partial charge in [-0.1, -0.05) is 36.2 Å². The van der Waals surface area contributed by atoms with E-state index in [4.69, 9.17) is 0 Å². The molecule has 1 aliphatic rings. The van der Waals surface area contributed by atoms with Crippen LogP contribution in [0.2, 0.25) is 0 Å². The highest BCUT2D eigenvalue weighted by atomic mass is 79.9. The van der Waals surface area contributed by atoms with Gasteiger partial charge in [0, 0.05) is 17.8 Å². The number of amides is 1. The van der Waals surface area contributed by atoms with Gasteiger partial charge in [0.25, 0.3) is 0 Å². The van der Waals surface area contributed by atoms with Crippen LogP contribution in [0.25, 0.3) is 0 Å². The van der Waals surface area contributed by atoms with Crippen LogP contribution in [-0.4, -0.2) is 17.8 Å². The fraction of sp³-hybridized carbons (Fsp3) is 0.929. The lowest BCUT2D eigenvalue weighted by molar-refractivity contribution is -0.126. The molecule has 17 heavy (non-hydrogen) atoms. The predicted octanol–water partition coefficient (Wildman–Crippen LogP) is 3.74. The first-order valence-electron chi connectivity index (χ1n) is 7.01. The summed E-state index contributed by atoms with van der Waals surface area (Å²) in [6, 6.07) is 0. The zero-order chi connectivity index (χ0) is 12.7. The Labute approximate surface area is 114 Å². The molecule has 2 nitrogen and oxygen atoms in total. The Bertz CT molecular complexity index is 224. The lowest BCUT2D eigenvalue weighted by Gasteiger charge is -2.26. The molecule has 1 unspecified atom stereocenters. The van der Waals surface area contributed by atoms with Crippen molar-refractivity contribution in [2.75, 3.05) is 11.9 Å². The monoisotopic (exact) mass is 303 g/mol. The second-order valence-corrected chi connectivity index (χ2v) is 6.25. The zero-order valence-corrected chi connectivity index (χ0v) is 12.8. The molecule has 0 aromatic carbocycles. The molecule has 1 atom stereocenters. The molecular formula is C14H26BrNO. The summed E-state index contributed by atoms with van der Waals surface area (Å²) in [7, 11) is 0. The topological polar surface area (TPSA) is 29.1 Å². The van der Waals surface area contributed by atoms with Gasteiger partial charge in [-0.3, -0.25) is 4.79 Å². The van der Waals surface area contributed by atoms with Crippen molar-refractivity contribution in [2.24, 2.45) is 17.8 Å². The highest BCUT2D eigenvalue weighted by molar-refractivity contribution is 9.09. The second-order valence-electron chi connectivity index (χ2n) is 5.45. The third-order valence-electron chi connectivity index (χ3n) is 4.05. The number of hydrogen-bond donors (Lipinski definition) is 1. The summed E-state index contributed by atoms with van der Waals surface area (Å²) in [6.07, 6.45) is 6.91. The summed E-state index contributed by atoms with van der Waals surface area (Å²) in [4.78, 5) is 12.0. The van der Waals surface area contributed by atoms with Gasteiger partial charge in [0.15, 0.2) is 0 Å². The summed E-state index contributed by atoms with van der Waals surface area (Å²) >= 11 is 3.47. The van der Waals surface area contributed by atoms with Crippen molar-refractivity contribution in [1.82, 2.24) is 5.32 Å². The van der Waals surface area contributed by atoms with Crippen molar-refractivity contribution >= 4 is 21.8 Å². The highest BCUT2D eigenvalue weighted by Crippen LogP contribution is 2.28. The number of nitrogens with one attached hydrogen (secondary N) is 1. The van der Waals surface area contributed by atoms with E-state index in [-0.39, 0.29) is 5.92 Å². The fourth-order valence-corrected chi connectivity index (χ4v) is 3.16. The van der Waals surface area contributed by atoms with E-state index in [2.05, 4.69) is 35.1 Å². The standard InChI is InChI=1S/C14H26BrNO/c1-3-12(8-9-15)10-16-14(17)13-6-4-11(2)5-7-13/h11-13H,3-10H2,1-2H3,(H,16,17). The first-order valence-corrected chi connectivity index (χ1v) is 8.13. The van der Waals surface area contributed by atoms with Crippen molar-refractivity contribution in [2.45, 2.75) is 52.4 Å². The number of alkyl halides is 1. The molecule has 0 spiro atoms. The summed E-state index contributed by atoms with van der Waals surface area (Å²) in [5.74, 6) is 2.02. The van der Waals surface area contributed by atoms with E-state index in [1.165, 1.54) is 12.8 Å². The van der Waals surface area contributed by atoms with Crippen molar-refractivity contribution < 1.29 is 4.79 Å². The van der Waals surface area contributed by atoms with Crippen LogP contribution < -0.4 is 5.32 Å². The largest absolute Gasteiger partial charge is 0.356 e. The molecule has 0 saturated heterocycles. The maximum atomic E-state index is 12.0. The molecular weight excluding hydrogens is 278 g/mol. The average Bonchev–Trinajstić information content (AvgIpc) is 2.35. The van der Waals surface area contributed by atoms with Crippen molar-refractivity contribution in [3.8, 4) is 0 Å². The SMILES string of the molecule is CCC(CCBr)CNC(=O)C1CCC(C)CC1. The normalized spacial score (nSPS) is 26.5. The van der Waals surface area contributed by atoms with Gasteiger partial charge in [0.1, 0.15) is 0 Å². The molecule has 0 heterocycles. The number of halogens is 1. The Morgan fingerprint density at radius 3 is 2.53 bits per heavy atom. The van der Waals surface area contributed by atoms with Crippen LogP contribution in [0.1, 0.15) is 52.4 Å². The van der Waals surface area contributed by atoms with Crippen LogP contribution in [0.15, 0.2) is 0 Å². The molecule has 1 N–H and O–H groups in total. The minimum Gasteiger partial charge on any atom is -0.356 e. The third kappa shape index (κ3) is 5.41. The van der Waals surface area contributed by atoms with E-state index >= 15 is 0 Å². The van der Waals surface area contributed by atoms with Crippen LogP contribution in [0.5, 0.6) is 0 Å². The van der Waals surface area contributed by atoms with Crippen LogP contribution in [0.4, 0.5) is 0 Å². The summed E-state index contributed by atoms with van der Waals surface area (Å²) in [5, 5.41) is 4.17. The molecule has 1 amide bonds. The van der Waals surface area contributed by atoms with Crippen molar-refractivity contribution in [1.29, 1.82) is 0 Å². The Hall–Kier alpha value is -0.0500. The molecule has 100 valence electrons. The Kier molecular flexibility index (Phi) is 7.17. The Morgan fingerprint density at radius 1 is 1.35 bits per heavy atom. The Balaban J connectivity index is 2.24. The molecule has 1 fully saturated rings. The first kappa shape index (κ1) is 15.0. The van der Waals surface area contributed by atoms with Gasteiger partial charge in [-0.25, -0.2) is 0 Å². The molecule has 1 saturated carbocycles. The molecule has 0 radical (unpaired) electrons. The van der Waals surface area contributed by atoms with Crippen molar-refractivity contribution in [3.63, 3.8) is 0 Å². The van der Waals surface area contributed by atoms with Gasteiger partial charge in [0.2, 0.25) is 5.91 Å². The van der Waals surface area contributed by atoms with Gasteiger partial charge < -0.3 is 5.32 Å². The van der Waals surface area contributed by atoms with Gasteiger partial charge in [0.05, 0.1) is 0 Å². The van der Waals surface area contributed by atoms with Crippen LogP contribution in [0, 0.1) is 17.8 Å². The summed E-state index contributed by atoms with van der Waals surface area (Å²) < 4.78 is 0. The maximum absolute atomic E-state index is 12.0. The molecule has 1 rings (SSSR count). The van der Waals surface area contributed by atoms with E-state index in [9.17, 15) is 4.79 Å². The molecule has 0 aliphatic heterocycles. The van der Waals surface area contributed by atoms with Crippen molar-refractivity contribution in [3.05, 3.63) is 0 Å². The van der Waals surface area contributed by atoms with Gasteiger partial charge in [-0.15, -0.1) is 0 Å². The molecule has 0 aromatic heterocycles. The predicted molar refractivity (Wildman–Crippen MR) is 76.3 cm³/mol. The molecule has 1 aliphatic carbocycles. The minimum absolute atomic E-state index is 0.285. The quantitative estimate of drug-likeness (QED) is 0.744.